The molecule has 0 aliphatic rings. The van der Waals surface area contributed by atoms with Gasteiger partial charge in [0.25, 0.3) is 5.91 Å². The van der Waals surface area contributed by atoms with Gasteiger partial charge in [-0.3, -0.25) is 9.78 Å². The number of nitrogens with zero attached hydrogens (tertiary/aromatic N) is 2. The number of aromatic nitrogens is 2. The molecule has 1 heterocycles. The minimum Gasteiger partial charge on any atom is -0.484 e. The highest BCUT2D eigenvalue weighted by Gasteiger charge is 2.08. The molecule has 4 rings (SSSR count). The van der Waals surface area contributed by atoms with Crippen LogP contribution in [0.5, 0.6) is 5.75 Å². The van der Waals surface area contributed by atoms with E-state index in [1.165, 1.54) is 0 Å². The van der Waals surface area contributed by atoms with Crippen LogP contribution in [0.2, 0.25) is 0 Å². The normalized spacial score (nSPS) is 10.7. The van der Waals surface area contributed by atoms with Crippen LogP contribution in [0.1, 0.15) is 11.1 Å². The van der Waals surface area contributed by atoms with E-state index in [-0.39, 0.29) is 12.5 Å². The van der Waals surface area contributed by atoms with Crippen molar-refractivity contribution in [2.45, 2.75) is 13.8 Å². The average molecular weight is 383 g/mol. The largest absolute Gasteiger partial charge is 0.484 e. The number of anilines is 1. The summed E-state index contributed by atoms with van der Waals surface area (Å²) in [5, 5.41) is 2.89. The predicted octanol–water partition coefficient (Wildman–Crippen LogP) is 4.93. The van der Waals surface area contributed by atoms with Crippen LogP contribution in [0.4, 0.5) is 5.69 Å². The minimum absolute atomic E-state index is 0.0531. The fourth-order valence-corrected chi connectivity index (χ4v) is 3.04. The van der Waals surface area contributed by atoms with Gasteiger partial charge in [-0.1, -0.05) is 24.3 Å². The molecule has 4 aromatic rings. The Morgan fingerprint density at radius 3 is 2.48 bits per heavy atom. The number of rotatable bonds is 5. The van der Waals surface area contributed by atoms with E-state index in [1.54, 1.807) is 6.20 Å². The number of amides is 1. The zero-order valence-electron chi connectivity index (χ0n) is 16.3. The molecule has 0 aliphatic heterocycles. The van der Waals surface area contributed by atoms with Gasteiger partial charge >= 0.3 is 0 Å². The summed E-state index contributed by atoms with van der Waals surface area (Å²) in [4.78, 5) is 21.3. The SMILES string of the molecule is Cc1cccc(NC(=O)COc2ccc(-c3cnc4ccccc4n3)cc2)c1C. The van der Waals surface area contributed by atoms with E-state index in [0.717, 1.165) is 39.1 Å². The van der Waals surface area contributed by atoms with E-state index in [2.05, 4.69) is 15.3 Å². The summed E-state index contributed by atoms with van der Waals surface area (Å²) < 4.78 is 5.62. The maximum Gasteiger partial charge on any atom is 0.262 e. The molecular formula is C24H21N3O2. The van der Waals surface area contributed by atoms with Gasteiger partial charge < -0.3 is 10.1 Å². The van der Waals surface area contributed by atoms with Gasteiger partial charge in [-0.15, -0.1) is 0 Å². The molecule has 1 aromatic heterocycles. The molecule has 144 valence electrons. The number of hydrogen-bond acceptors (Lipinski definition) is 4. The van der Waals surface area contributed by atoms with Crippen molar-refractivity contribution >= 4 is 22.6 Å². The molecule has 0 bridgehead atoms. The monoisotopic (exact) mass is 383 g/mol. The molecule has 0 aliphatic carbocycles. The fourth-order valence-electron chi connectivity index (χ4n) is 3.04. The van der Waals surface area contributed by atoms with Crippen LogP contribution in [0.25, 0.3) is 22.3 Å². The van der Waals surface area contributed by atoms with Crippen LogP contribution in [-0.4, -0.2) is 22.5 Å². The first-order chi connectivity index (χ1) is 14.1. The van der Waals surface area contributed by atoms with Crippen LogP contribution in [0.3, 0.4) is 0 Å². The number of fused-ring (bicyclic) bond motifs is 1. The molecule has 29 heavy (non-hydrogen) atoms. The Labute approximate surface area is 169 Å². The van der Waals surface area contributed by atoms with Gasteiger partial charge in [-0.2, -0.15) is 0 Å². The third-order valence-electron chi connectivity index (χ3n) is 4.85. The quantitative estimate of drug-likeness (QED) is 0.531. The lowest BCUT2D eigenvalue weighted by Gasteiger charge is -2.11. The van der Waals surface area contributed by atoms with Crippen LogP contribution in [0, 0.1) is 13.8 Å². The summed E-state index contributed by atoms with van der Waals surface area (Å²) in [6, 6.07) is 21.1. The number of hydrogen-bond donors (Lipinski definition) is 1. The van der Waals surface area contributed by atoms with Crippen LogP contribution in [-0.2, 0) is 4.79 Å². The number of carbonyl (C=O) groups excluding carboxylic acids is 1. The highest BCUT2D eigenvalue weighted by Crippen LogP contribution is 2.22. The lowest BCUT2D eigenvalue weighted by Crippen LogP contribution is -2.20. The highest BCUT2D eigenvalue weighted by atomic mass is 16.5. The van der Waals surface area contributed by atoms with E-state index in [0.29, 0.717) is 5.75 Å². The highest BCUT2D eigenvalue weighted by molar-refractivity contribution is 5.92. The Balaban J connectivity index is 1.40. The molecule has 0 saturated carbocycles. The van der Waals surface area contributed by atoms with Crippen molar-refractivity contribution in [2.24, 2.45) is 0 Å². The van der Waals surface area contributed by atoms with Crippen molar-refractivity contribution < 1.29 is 9.53 Å². The number of benzene rings is 3. The Bertz CT molecular complexity index is 1170. The zero-order chi connectivity index (χ0) is 20.2. The number of aryl methyl sites for hydroxylation is 1. The van der Waals surface area contributed by atoms with E-state index < -0.39 is 0 Å². The molecule has 0 saturated heterocycles. The molecule has 0 radical (unpaired) electrons. The maximum atomic E-state index is 12.2. The van der Waals surface area contributed by atoms with Crippen molar-refractivity contribution in [3.8, 4) is 17.0 Å². The second-order valence-electron chi connectivity index (χ2n) is 6.85. The standard InChI is InChI=1S/C24H21N3O2/c1-16-6-5-9-20(17(16)2)27-24(28)15-29-19-12-10-18(11-13-19)23-14-25-21-7-3-4-8-22(21)26-23/h3-14H,15H2,1-2H3,(H,27,28). The number of carbonyl (C=O) groups is 1. The first kappa shape index (κ1) is 18.6. The van der Waals surface area contributed by atoms with Gasteiger partial charge in [0.15, 0.2) is 6.61 Å². The topological polar surface area (TPSA) is 64.1 Å². The van der Waals surface area contributed by atoms with Crippen LogP contribution >= 0.6 is 0 Å². The average Bonchev–Trinajstić information content (AvgIpc) is 2.75. The Morgan fingerprint density at radius 2 is 1.69 bits per heavy atom. The van der Waals surface area contributed by atoms with Crippen LogP contribution < -0.4 is 10.1 Å². The molecule has 0 fully saturated rings. The Morgan fingerprint density at radius 1 is 0.931 bits per heavy atom. The van der Waals surface area contributed by atoms with Gasteiger partial charge in [-0.25, -0.2) is 4.98 Å². The van der Waals surface area contributed by atoms with E-state index in [4.69, 9.17) is 4.74 Å². The maximum absolute atomic E-state index is 12.2. The number of ether oxygens (including phenoxy) is 1. The second kappa shape index (κ2) is 8.10. The minimum atomic E-state index is -0.192. The first-order valence-electron chi connectivity index (χ1n) is 9.41. The summed E-state index contributed by atoms with van der Waals surface area (Å²) in [5.74, 6) is 0.432. The molecule has 1 N–H and O–H groups in total. The molecule has 5 heteroatoms. The summed E-state index contributed by atoms with van der Waals surface area (Å²) in [5.41, 5.74) is 6.46. The first-order valence-corrected chi connectivity index (χ1v) is 9.41. The van der Waals surface area contributed by atoms with Crippen molar-refractivity contribution in [3.05, 3.63) is 84.1 Å². The van der Waals surface area contributed by atoms with E-state index in [1.807, 2.05) is 80.6 Å². The van der Waals surface area contributed by atoms with Crippen molar-refractivity contribution in [1.29, 1.82) is 0 Å². The third kappa shape index (κ3) is 4.24. The third-order valence-corrected chi connectivity index (χ3v) is 4.85. The molecule has 0 unspecified atom stereocenters. The molecule has 0 spiro atoms. The summed E-state index contributed by atoms with van der Waals surface area (Å²) in [6.07, 6.45) is 1.76. The van der Waals surface area contributed by atoms with Crippen molar-refractivity contribution in [3.63, 3.8) is 0 Å². The molecule has 3 aromatic carbocycles. The molecule has 0 atom stereocenters. The molecule has 1 amide bonds. The number of nitrogens with one attached hydrogen (secondary N) is 1. The summed E-state index contributed by atoms with van der Waals surface area (Å²) in [6.45, 7) is 3.95. The smallest absolute Gasteiger partial charge is 0.262 e. The fraction of sp³-hybridized carbons (Fsp3) is 0.125. The molecular weight excluding hydrogens is 362 g/mol. The van der Waals surface area contributed by atoms with Crippen molar-refractivity contribution in [1.82, 2.24) is 9.97 Å². The molecule has 5 nitrogen and oxygen atoms in total. The summed E-state index contributed by atoms with van der Waals surface area (Å²) in [7, 11) is 0. The number of para-hydroxylation sites is 2. The van der Waals surface area contributed by atoms with Crippen molar-refractivity contribution in [2.75, 3.05) is 11.9 Å². The predicted molar refractivity (Wildman–Crippen MR) is 115 cm³/mol. The van der Waals surface area contributed by atoms with E-state index in [9.17, 15) is 4.79 Å². The van der Waals surface area contributed by atoms with Crippen LogP contribution in [0.15, 0.2) is 72.9 Å². The second-order valence-corrected chi connectivity index (χ2v) is 6.85. The summed E-state index contributed by atoms with van der Waals surface area (Å²) >= 11 is 0. The zero-order valence-corrected chi connectivity index (χ0v) is 16.3. The van der Waals surface area contributed by atoms with Gasteiger partial charge in [0, 0.05) is 11.3 Å². The van der Waals surface area contributed by atoms with Gasteiger partial charge in [-0.05, 0) is 67.4 Å². The lowest BCUT2D eigenvalue weighted by molar-refractivity contribution is -0.118. The van der Waals surface area contributed by atoms with Gasteiger partial charge in [0.2, 0.25) is 0 Å². The van der Waals surface area contributed by atoms with Gasteiger partial charge in [0.05, 0.1) is 22.9 Å². The van der Waals surface area contributed by atoms with Gasteiger partial charge in [0.1, 0.15) is 5.75 Å². The Kier molecular flexibility index (Phi) is 5.20. The van der Waals surface area contributed by atoms with E-state index >= 15 is 0 Å². The Hall–Kier alpha value is -3.73. The lowest BCUT2D eigenvalue weighted by atomic mass is 10.1.